The maximum atomic E-state index is 12.1. The Bertz CT molecular complexity index is 538. The molecule has 2 unspecified atom stereocenters. The van der Waals surface area contributed by atoms with Crippen LogP contribution in [0.5, 0.6) is 0 Å². The summed E-state index contributed by atoms with van der Waals surface area (Å²) in [5, 5.41) is 5.43. The van der Waals surface area contributed by atoms with Crippen molar-refractivity contribution in [2.45, 2.75) is 90.3 Å². The third-order valence-corrected chi connectivity index (χ3v) is 14.6. The Morgan fingerprint density at radius 1 is 0.750 bits per heavy atom. The van der Waals surface area contributed by atoms with Crippen LogP contribution in [-0.4, -0.2) is 40.9 Å². The smallest absolute Gasteiger partial charge is 0.245 e. The quantitative estimate of drug-likeness (QED) is 0.326. The third kappa shape index (κ3) is 7.65. The number of hydrogen-bond donors (Lipinski definition) is 2. The van der Waals surface area contributed by atoms with Gasteiger partial charge in [0.1, 0.15) is 0 Å². The van der Waals surface area contributed by atoms with Crippen molar-refractivity contribution in [3.63, 3.8) is 0 Å². The second-order valence-electron chi connectivity index (χ2n) is 10.0. The first kappa shape index (κ1) is 26.8. The standard InChI is InChI=1S/C20H40N2O4Si2/c1-13-15(23)21-17(25-27(9,10)19(3,4)5)18(22-16(24)14-2)26-28(11,12)20(6,7)8/h13-14,17-18H,1-2H2,3-12H3,(H,21,23)(H,22,24). The summed E-state index contributed by atoms with van der Waals surface area (Å²) < 4.78 is 12.9. The summed E-state index contributed by atoms with van der Waals surface area (Å²) in [5.41, 5.74) is 0. The zero-order valence-electron chi connectivity index (χ0n) is 19.4. The van der Waals surface area contributed by atoms with Gasteiger partial charge in [-0.25, -0.2) is 0 Å². The fourth-order valence-corrected chi connectivity index (χ4v) is 4.06. The van der Waals surface area contributed by atoms with Gasteiger partial charge in [-0.15, -0.1) is 0 Å². The Morgan fingerprint density at radius 2 is 1.00 bits per heavy atom. The summed E-state index contributed by atoms with van der Waals surface area (Å²) in [5.74, 6) is -0.777. The summed E-state index contributed by atoms with van der Waals surface area (Å²) in [6, 6.07) is 0. The van der Waals surface area contributed by atoms with Gasteiger partial charge < -0.3 is 19.5 Å². The molecule has 8 heteroatoms. The van der Waals surface area contributed by atoms with E-state index in [9.17, 15) is 9.59 Å². The van der Waals surface area contributed by atoms with E-state index in [0.717, 1.165) is 0 Å². The van der Waals surface area contributed by atoms with Gasteiger partial charge in [0.15, 0.2) is 29.1 Å². The molecule has 6 nitrogen and oxygen atoms in total. The molecular formula is C20H40N2O4Si2. The van der Waals surface area contributed by atoms with Gasteiger partial charge >= 0.3 is 0 Å². The van der Waals surface area contributed by atoms with Crippen molar-refractivity contribution in [1.29, 1.82) is 0 Å². The zero-order valence-corrected chi connectivity index (χ0v) is 21.4. The molecule has 0 aliphatic carbocycles. The van der Waals surface area contributed by atoms with E-state index in [1.807, 2.05) is 0 Å². The van der Waals surface area contributed by atoms with Crippen molar-refractivity contribution >= 4 is 28.4 Å². The lowest BCUT2D eigenvalue weighted by Gasteiger charge is -2.45. The summed E-state index contributed by atoms with van der Waals surface area (Å²) in [6.07, 6.45) is 0.676. The predicted octanol–water partition coefficient (Wildman–Crippen LogP) is 4.29. The molecule has 0 radical (unpaired) electrons. The molecule has 0 rings (SSSR count). The van der Waals surface area contributed by atoms with Crippen LogP contribution in [0.15, 0.2) is 25.3 Å². The fourth-order valence-electron chi connectivity index (χ4n) is 1.72. The molecule has 2 amide bonds. The molecule has 0 spiro atoms. The molecule has 0 saturated heterocycles. The average Bonchev–Trinajstić information content (AvgIpc) is 2.50. The molecular weight excluding hydrogens is 388 g/mol. The third-order valence-electron chi connectivity index (χ3n) is 5.67. The number of amides is 2. The summed E-state index contributed by atoms with van der Waals surface area (Å²) in [7, 11) is -4.57. The molecule has 28 heavy (non-hydrogen) atoms. The number of nitrogens with one attached hydrogen (secondary N) is 2. The predicted molar refractivity (Wildman–Crippen MR) is 121 cm³/mol. The van der Waals surface area contributed by atoms with Crippen LogP contribution in [0.25, 0.3) is 0 Å². The van der Waals surface area contributed by atoms with E-state index in [1.54, 1.807) is 0 Å². The van der Waals surface area contributed by atoms with Crippen molar-refractivity contribution < 1.29 is 18.4 Å². The van der Waals surface area contributed by atoms with Crippen LogP contribution < -0.4 is 10.6 Å². The highest BCUT2D eigenvalue weighted by Crippen LogP contribution is 2.39. The van der Waals surface area contributed by atoms with Crippen LogP contribution in [0.2, 0.25) is 36.3 Å². The first-order valence-corrected chi connectivity index (χ1v) is 15.4. The van der Waals surface area contributed by atoms with E-state index in [0.29, 0.717) is 0 Å². The van der Waals surface area contributed by atoms with E-state index in [-0.39, 0.29) is 21.9 Å². The molecule has 0 aliphatic heterocycles. The number of carbonyl (C=O) groups is 2. The van der Waals surface area contributed by atoms with Gasteiger partial charge in [-0.1, -0.05) is 54.7 Å². The molecule has 0 aromatic carbocycles. The van der Waals surface area contributed by atoms with Gasteiger partial charge in [0.05, 0.1) is 0 Å². The molecule has 0 heterocycles. The molecule has 0 bridgehead atoms. The number of carbonyl (C=O) groups excluding carboxylic acids is 2. The molecule has 2 N–H and O–H groups in total. The minimum absolute atomic E-state index is 0.0892. The van der Waals surface area contributed by atoms with E-state index in [4.69, 9.17) is 8.85 Å². The Hall–Kier alpha value is -1.23. The van der Waals surface area contributed by atoms with E-state index >= 15 is 0 Å². The second-order valence-corrected chi connectivity index (χ2v) is 19.5. The molecule has 0 saturated carbocycles. The summed E-state index contributed by atoms with van der Waals surface area (Å²) in [4.78, 5) is 24.2. The minimum Gasteiger partial charge on any atom is -0.394 e. The normalized spacial score (nSPS) is 15.4. The van der Waals surface area contributed by atoms with Crippen LogP contribution in [0.4, 0.5) is 0 Å². The maximum absolute atomic E-state index is 12.1. The second kappa shape index (κ2) is 9.51. The maximum Gasteiger partial charge on any atom is 0.245 e. The van der Waals surface area contributed by atoms with Crippen molar-refractivity contribution in [2.24, 2.45) is 0 Å². The lowest BCUT2D eigenvalue weighted by molar-refractivity contribution is -0.127. The SMILES string of the molecule is C=CC(=O)NC(O[Si](C)(C)C(C)(C)C)C(NC(=O)C=C)O[Si](C)(C)C(C)(C)C. The molecule has 0 aromatic rings. The largest absolute Gasteiger partial charge is 0.394 e. The highest BCUT2D eigenvalue weighted by Gasteiger charge is 2.45. The van der Waals surface area contributed by atoms with Crippen molar-refractivity contribution in [1.82, 2.24) is 10.6 Å². The minimum atomic E-state index is -2.28. The first-order chi connectivity index (χ1) is 12.4. The Balaban J connectivity index is 6.06. The molecule has 0 aromatic heterocycles. The van der Waals surface area contributed by atoms with Crippen LogP contribution in [0.3, 0.4) is 0 Å². The summed E-state index contributed by atoms with van der Waals surface area (Å²) in [6.45, 7) is 28.0. The van der Waals surface area contributed by atoms with Crippen LogP contribution in [0, 0.1) is 0 Å². The Labute approximate surface area is 173 Å². The lowest BCUT2D eigenvalue weighted by Crippen LogP contribution is -2.62. The highest BCUT2D eigenvalue weighted by atomic mass is 28.4. The Morgan fingerprint density at radius 3 is 1.18 bits per heavy atom. The van der Waals surface area contributed by atoms with E-state index in [2.05, 4.69) is 91.5 Å². The van der Waals surface area contributed by atoms with Crippen molar-refractivity contribution in [2.75, 3.05) is 0 Å². The van der Waals surface area contributed by atoms with Crippen LogP contribution in [-0.2, 0) is 18.4 Å². The first-order valence-electron chi connectivity index (χ1n) is 9.59. The molecule has 0 aliphatic rings. The zero-order chi connectivity index (χ0) is 22.6. The van der Waals surface area contributed by atoms with Crippen LogP contribution >= 0.6 is 0 Å². The van der Waals surface area contributed by atoms with Crippen molar-refractivity contribution in [3.8, 4) is 0 Å². The van der Waals surface area contributed by atoms with Crippen LogP contribution in [0.1, 0.15) is 41.5 Å². The number of hydrogen-bond acceptors (Lipinski definition) is 4. The van der Waals surface area contributed by atoms with Gasteiger partial charge in [0.25, 0.3) is 0 Å². The van der Waals surface area contributed by atoms with Gasteiger partial charge in [0.2, 0.25) is 11.8 Å². The van der Waals surface area contributed by atoms with Gasteiger partial charge in [-0.05, 0) is 48.4 Å². The fraction of sp³-hybridized carbons (Fsp3) is 0.700. The average molecular weight is 429 g/mol. The topological polar surface area (TPSA) is 76.7 Å². The number of rotatable bonds is 9. The lowest BCUT2D eigenvalue weighted by atomic mass is 10.2. The van der Waals surface area contributed by atoms with E-state index < -0.39 is 29.1 Å². The van der Waals surface area contributed by atoms with Gasteiger partial charge in [-0.2, -0.15) is 0 Å². The van der Waals surface area contributed by atoms with Gasteiger partial charge in [0, 0.05) is 0 Å². The highest BCUT2D eigenvalue weighted by molar-refractivity contribution is 6.74. The summed E-state index contributed by atoms with van der Waals surface area (Å²) >= 11 is 0. The monoisotopic (exact) mass is 428 g/mol. The molecule has 2 atom stereocenters. The van der Waals surface area contributed by atoms with Crippen molar-refractivity contribution in [3.05, 3.63) is 25.3 Å². The Kier molecular flexibility index (Phi) is 9.10. The van der Waals surface area contributed by atoms with E-state index in [1.165, 1.54) is 12.2 Å². The molecule has 162 valence electrons. The van der Waals surface area contributed by atoms with Gasteiger partial charge in [-0.3, -0.25) is 9.59 Å². The molecule has 0 fully saturated rings.